The van der Waals surface area contributed by atoms with E-state index < -0.39 is 0 Å². The summed E-state index contributed by atoms with van der Waals surface area (Å²) >= 11 is 0. The number of nitrogens with zero attached hydrogens (tertiary/aromatic N) is 2. The number of aliphatic imine (C=N–C) groups is 1. The van der Waals surface area contributed by atoms with Gasteiger partial charge in [-0.15, -0.1) is 0 Å². The molecule has 1 fully saturated rings. The Bertz CT molecular complexity index is 1120. The van der Waals surface area contributed by atoms with Gasteiger partial charge in [0, 0.05) is 48.8 Å². The SMILES string of the molecule is Cc1cc(C(=O)N2CCC3(CC2)Oc2cccc(C)c2C2N=CC=C23)ccc1OC(C)C. The highest BCUT2D eigenvalue weighted by Crippen LogP contribution is 2.51. The number of hydrogen-bond acceptors (Lipinski definition) is 4. The van der Waals surface area contributed by atoms with Gasteiger partial charge in [0.1, 0.15) is 23.1 Å². The number of carbonyl (C=O) groups is 1. The Balaban J connectivity index is 1.34. The number of fused-ring (bicyclic) bond motifs is 4. The Labute approximate surface area is 189 Å². The number of likely N-dealkylation sites (tertiary alicyclic amines) is 1. The standard InChI is InChI=1S/C27H30N2O3/c1-17(2)31-22-9-8-20(16-19(22)4)26(30)29-14-11-27(12-15-29)21-10-13-28-25(21)24-18(3)6-5-7-23(24)32-27/h5-10,13,16-17,25H,11-12,14-15H2,1-4H3. The summed E-state index contributed by atoms with van der Waals surface area (Å²) in [4.78, 5) is 19.9. The second kappa shape index (κ2) is 7.80. The molecule has 0 aromatic heterocycles. The van der Waals surface area contributed by atoms with Crippen LogP contribution in [-0.2, 0) is 0 Å². The average molecular weight is 431 g/mol. The Kier molecular flexibility index (Phi) is 5.07. The molecule has 1 unspecified atom stereocenters. The maximum atomic E-state index is 13.2. The highest BCUT2D eigenvalue weighted by Gasteiger charge is 2.49. The topological polar surface area (TPSA) is 51.1 Å². The van der Waals surface area contributed by atoms with Gasteiger partial charge >= 0.3 is 0 Å². The number of rotatable bonds is 3. The highest BCUT2D eigenvalue weighted by molar-refractivity contribution is 5.94. The molecule has 1 atom stereocenters. The van der Waals surface area contributed by atoms with Crippen LogP contribution in [0.1, 0.15) is 59.8 Å². The van der Waals surface area contributed by atoms with E-state index in [1.165, 1.54) is 16.7 Å². The number of benzene rings is 2. The van der Waals surface area contributed by atoms with Crippen molar-refractivity contribution in [3.8, 4) is 11.5 Å². The minimum atomic E-state index is -0.385. The quantitative estimate of drug-likeness (QED) is 0.672. The van der Waals surface area contributed by atoms with E-state index in [9.17, 15) is 4.79 Å². The number of hydrogen-bond donors (Lipinski definition) is 0. The Morgan fingerprint density at radius 1 is 1.16 bits per heavy atom. The molecule has 32 heavy (non-hydrogen) atoms. The summed E-state index contributed by atoms with van der Waals surface area (Å²) in [6, 6.07) is 12.0. The van der Waals surface area contributed by atoms with Gasteiger partial charge in [0.25, 0.3) is 5.91 Å². The van der Waals surface area contributed by atoms with Crippen LogP contribution in [0.15, 0.2) is 53.0 Å². The lowest BCUT2D eigenvalue weighted by atomic mass is 9.76. The summed E-state index contributed by atoms with van der Waals surface area (Å²) in [5, 5.41) is 0. The summed E-state index contributed by atoms with van der Waals surface area (Å²) in [6.07, 6.45) is 5.68. The van der Waals surface area contributed by atoms with Crippen molar-refractivity contribution in [2.75, 3.05) is 13.1 Å². The number of allylic oxidation sites excluding steroid dienone is 1. The Hall–Kier alpha value is -3.08. The third kappa shape index (κ3) is 3.40. The molecule has 1 saturated heterocycles. The van der Waals surface area contributed by atoms with Crippen LogP contribution in [0.4, 0.5) is 0 Å². The predicted octanol–water partition coefficient (Wildman–Crippen LogP) is 5.21. The first kappa shape index (κ1) is 20.8. The van der Waals surface area contributed by atoms with E-state index in [2.05, 4.69) is 25.1 Å². The molecular formula is C27H30N2O3. The number of amides is 1. The largest absolute Gasteiger partial charge is 0.491 e. The first-order valence-corrected chi connectivity index (χ1v) is 11.5. The fraction of sp³-hybridized carbons (Fsp3) is 0.407. The van der Waals surface area contributed by atoms with Gasteiger partial charge in [0.2, 0.25) is 0 Å². The van der Waals surface area contributed by atoms with Gasteiger partial charge < -0.3 is 14.4 Å². The minimum absolute atomic E-state index is 0.0401. The summed E-state index contributed by atoms with van der Waals surface area (Å²) in [6.45, 7) is 9.43. The lowest BCUT2D eigenvalue weighted by molar-refractivity contribution is 0.0183. The summed E-state index contributed by atoms with van der Waals surface area (Å²) in [5.41, 5.74) is 4.93. The van der Waals surface area contributed by atoms with Crippen molar-refractivity contribution >= 4 is 12.1 Å². The van der Waals surface area contributed by atoms with Crippen LogP contribution in [0, 0.1) is 13.8 Å². The van der Waals surface area contributed by atoms with Gasteiger partial charge in [0.05, 0.1) is 6.10 Å². The van der Waals surface area contributed by atoms with E-state index in [-0.39, 0.29) is 23.7 Å². The summed E-state index contributed by atoms with van der Waals surface area (Å²) in [5.74, 6) is 1.83. The first-order valence-electron chi connectivity index (χ1n) is 11.5. The van der Waals surface area contributed by atoms with Crippen LogP contribution in [0.5, 0.6) is 11.5 Å². The molecule has 0 aliphatic carbocycles. The zero-order chi connectivity index (χ0) is 22.5. The molecule has 0 bridgehead atoms. The third-order valence-electron chi connectivity index (χ3n) is 6.82. The molecule has 0 N–H and O–H groups in total. The molecule has 166 valence electrons. The number of piperidine rings is 1. The lowest BCUT2D eigenvalue weighted by Gasteiger charge is -2.47. The van der Waals surface area contributed by atoms with E-state index in [1.807, 2.05) is 56.2 Å². The van der Waals surface area contributed by atoms with Crippen LogP contribution < -0.4 is 9.47 Å². The molecule has 5 nitrogen and oxygen atoms in total. The van der Waals surface area contributed by atoms with Crippen molar-refractivity contribution in [2.24, 2.45) is 4.99 Å². The van der Waals surface area contributed by atoms with Crippen molar-refractivity contribution in [3.63, 3.8) is 0 Å². The molecule has 1 amide bonds. The molecular weight excluding hydrogens is 400 g/mol. The van der Waals surface area contributed by atoms with E-state index in [0.29, 0.717) is 18.7 Å². The molecule has 0 radical (unpaired) electrons. The predicted molar refractivity (Wildman–Crippen MR) is 126 cm³/mol. The third-order valence-corrected chi connectivity index (χ3v) is 6.82. The van der Waals surface area contributed by atoms with E-state index in [4.69, 9.17) is 14.5 Å². The fourth-order valence-corrected chi connectivity index (χ4v) is 5.19. The monoisotopic (exact) mass is 430 g/mol. The second-order valence-corrected chi connectivity index (χ2v) is 9.34. The highest BCUT2D eigenvalue weighted by atomic mass is 16.5. The maximum absolute atomic E-state index is 13.2. The fourth-order valence-electron chi connectivity index (χ4n) is 5.19. The maximum Gasteiger partial charge on any atom is 0.253 e. The molecule has 2 aromatic carbocycles. The zero-order valence-electron chi connectivity index (χ0n) is 19.2. The number of ether oxygens (including phenoxy) is 2. The van der Waals surface area contributed by atoms with E-state index >= 15 is 0 Å². The summed E-state index contributed by atoms with van der Waals surface area (Å²) < 4.78 is 12.5. The Morgan fingerprint density at radius 3 is 2.66 bits per heavy atom. The molecule has 3 aliphatic heterocycles. The van der Waals surface area contributed by atoms with Crippen molar-refractivity contribution in [3.05, 3.63) is 70.3 Å². The average Bonchev–Trinajstić information content (AvgIpc) is 3.26. The molecule has 5 rings (SSSR count). The smallest absolute Gasteiger partial charge is 0.253 e. The second-order valence-electron chi connectivity index (χ2n) is 9.34. The van der Waals surface area contributed by atoms with Gasteiger partial charge in [-0.3, -0.25) is 9.79 Å². The molecule has 5 heteroatoms. The van der Waals surface area contributed by atoms with Crippen molar-refractivity contribution in [2.45, 2.75) is 58.3 Å². The van der Waals surface area contributed by atoms with Crippen LogP contribution in [0.2, 0.25) is 0 Å². The summed E-state index contributed by atoms with van der Waals surface area (Å²) in [7, 11) is 0. The number of aryl methyl sites for hydroxylation is 2. The normalized spacial score (nSPS) is 20.6. The zero-order valence-corrected chi connectivity index (χ0v) is 19.2. The van der Waals surface area contributed by atoms with Crippen molar-refractivity contribution in [1.29, 1.82) is 0 Å². The lowest BCUT2D eigenvalue weighted by Crippen LogP contribution is -2.52. The van der Waals surface area contributed by atoms with Gasteiger partial charge in [-0.1, -0.05) is 12.1 Å². The Morgan fingerprint density at radius 2 is 1.94 bits per heavy atom. The van der Waals surface area contributed by atoms with Gasteiger partial charge in [-0.2, -0.15) is 0 Å². The first-order chi connectivity index (χ1) is 15.4. The molecule has 2 aromatic rings. The molecule has 0 saturated carbocycles. The van der Waals surface area contributed by atoms with Crippen LogP contribution in [0.3, 0.4) is 0 Å². The van der Waals surface area contributed by atoms with Crippen LogP contribution >= 0.6 is 0 Å². The van der Waals surface area contributed by atoms with Gasteiger partial charge in [-0.05, 0) is 69.2 Å². The van der Waals surface area contributed by atoms with Crippen molar-refractivity contribution < 1.29 is 14.3 Å². The molecule has 3 aliphatic rings. The number of carbonyl (C=O) groups excluding carboxylic acids is 1. The van der Waals surface area contributed by atoms with Crippen LogP contribution in [-0.4, -0.2) is 41.8 Å². The van der Waals surface area contributed by atoms with Gasteiger partial charge in [-0.25, -0.2) is 0 Å². The van der Waals surface area contributed by atoms with Gasteiger partial charge in [0.15, 0.2) is 0 Å². The minimum Gasteiger partial charge on any atom is -0.491 e. The van der Waals surface area contributed by atoms with Crippen LogP contribution in [0.25, 0.3) is 0 Å². The van der Waals surface area contributed by atoms with Crippen molar-refractivity contribution in [1.82, 2.24) is 4.90 Å². The van der Waals surface area contributed by atoms with E-state index in [1.54, 1.807) is 0 Å². The molecule has 1 spiro atoms. The van der Waals surface area contributed by atoms with E-state index in [0.717, 1.165) is 29.9 Å². The molecule has 3 heterocycles.